The van der Waals surface area contributed by atoms with Crippen molar-refractivity contribution in [3.63, 3.8) is 0 Å². The van der Waals surface area contributed by atoms with Gasteiger partial charge in [-0.1, -0.05) is 48.9 Å². The normalized spacial score (nSPS) is 25.5. The van der Waals surface area contributed by atoms with Crippen LogP contribution in [0.25, 0.3) is 0 Å². The molecule has 2 aromatic rings. The number of aromatic hydroxyl groups is 1. The quantitative estimate of drug-likeness (QED) is 0.585. The molecule has 34 heavy (non-hydrogen) atoms. The Morgan fingerprint density at radius 1 is 0.941 bits per heavy atom. The van der Waals surface area contributed by atoms with Gasteiger partial charge in [0.05, 0.1) is 0 Å². The molecule has 1 saturated carbocycles. The highest BCUT2D eigenvalue weighted by atomic mass is 16.5. The lowest BCUT2D eigenvalue weighted by Crippen LogP contribution is -2.39. The summed E-state index contributed by atoms with van der Waals surface area (Å²) in [6.45, 7) is 1.88. The highest BCUT2D eigenvalue weighted by molar-refractivity contribution is 6.09. The van der Waals surface area contributed by atoms with Gasteiger partial charge in [-0.3, -0.25) is 14.6 Å². The summed E-state index contributed by atoms with van der Waals surface area (Å²) in [5, 5.41) is 9.85. The van der Waals surface area contributed by atoms with Gasteiger partial charge in [-0.05, 0) is 68.2 Å². The molecular weight excluding hydrogens is 426 g/mol. The maximum absolute atomic E-state index is 13.6. The molecule has 5 nitrogen and oxygen atoms in total. The molecule has 0 bridgehead atoms. The predicted octanol–water partition coefficient (Wildman–Crippen LogP) is 5.84. The Labute approximate surface area is 200 Å². The van der Waals surface area contributed by atoms with Gasteiger partial charge in [-0.15, -0.1) is 0 Å². The van der Waals surface area contributed by atoms with Crippen LogP contribution >= 0.6 is 0 Å². The maximum atomic E-state index is 13.6. The van der Waals surface area contributed by atoms with Crippen molar-refractivity contribution in [1.29, 1.82) is 0 Å². The first-order chi connectivity index (χ1) is 16.5. The Morgan fingerprint density at radius 3 is 2.35 bits per heavy atom. The number of carbonyl (C=O) groups excluding carboxylic acids is 2. The lowest BCUT2D eigenvalue weighted by Gasteiger charge is -2.37. The number of Topliss-reactive ketones (excluding diaryl/α,β-unsaturated/α-hetero) is 1. The van der Waals surface area contributed by atoms with Crippen molar-refractivity contribution in [3.05, 3.63) is 77.0 Å². The van der Waals surface area contributed by atoms with E-state index in [0.717, 1.165) is 42.5 Å². The lowest BCUT2D eigenvalue weighted by molar-refractivity contribution is -0.153. The molecule has 176 valence electrons. The molecule has 3 atom stereocenters. The van der Waals surface area contributed by atoms with Gasteiger partial charge >= 0.3 is 5.97 Å². The third kappa shape index (κ3) is 4.44. The van der Waals surface area contributed by atoms with Crippen molar-refractivity contribution in [2.24, 2.45) is 10.9 Å². The summed E-state index contributed by atoms with van der Waals surface area (Å²) in [4.78, 5) is 32.0. The van der Waals surface area contributed by atoms with Crippen LogP contribution in [0, 0.1) is 5.92 Å². The van der Waals surface area contributed by atoms with Gasteiger partial charge in [-0.25, -0.2) is 0 Å². The minimum atomic E-state index is -0.637. The predicted molar refractivity (Wildman–Crippen MR) is 131 cm³/mol. The second-order valence-electron chi connectivity index (χ2n) is 9.80. The zero-order valence-electron chi connectivity index (χ0n) is 19.6. The zero-order valence-corrected chi connectivity index (χ0v) is 19.6. The van der Waals surface area contributed by atoms with Crippen LogP contribution in [0.5, 0.6) is 5.75 Å². The molecule has 5 heteroatoms. The van der Waals surface area contributed by atoms with Gasteiger partial charge in [0.1, 0.15) is 17.8 Å². The number of esters is 1. The fraction of sp³-hybridized carbons (Fsp3) is 0.414. The van der Waals surface area contributed by atoms with Gasteiger partial charge in [0.25, 0.3) is 0 Å². The molecule has 1 fully saturated rings. The van der Waals surface area contributed by atoms with Crippen LogP contribution in [-0.2, 0) is 14.3 Å². The van der Waals surface area contributed by atoms with Crippen LogP contribution in [0.15, 0.2) is 70.9 Å². The molecule has 0 aromatic heterocycles. The Morgan fingerprint density at radius 2 is 1.65 bits per heavy atom. The van der Waals surface area contributed by atoms with E-state index in [0.29, 0.717) is 24.1 Å². The van der Waals surface area contributed by atoms with Crippen LogP contribution in [-0.4, -0.2) is 28.7 Å². The zero-order chi connectivity index (χ0) is 23.7. The van der Waals surface area contributed by atoms with Crippen LogP contribution < -0.4 is 0 Å². The maximum Gasteiger partial charge on any atom is 0.315 e. The second-order valence-corrected chi connectivity index (χ2v) is 9.80. The molecule has 1 aliphatic heterocycles. The van der Waals surface area contributed by atoms with Crippen molar-refractivity contribution in [3.8, 4) is 5.75 Å². The first-order valence-corrected chi connectivity index (χ1v) is 12.4. The number of carbonyl (C=O) groups is 2. The number of aliphatic imine (C=N–C) groups is 1. The second kappa shape index (κ2) is 9.57. The first-order valence-electron chi connectivity index (χ1n) is 12.4. The van der Waals surface area contributed by atoms with E-state index >= 15 is 0 Å². The third-order valence-electron chi connectivity index (χ3n) is 7.50. The topological polar surface area (TPSA) is 76.0 Å². The molecular formula is C29H31NO4. The van der Waals surface area contributed by atoms with Crippen molar-refractivity contribution in [2.45, 2.75) is 69.8 Å². The highest BCUT2D eigenvalue weighted by Gasteiger charge is 2.45. The minimum Gasteiger partial charge on any atom is -0.508 e. The minimum absolute atomic E-state index is 0.0416. The lowest BCUT2D eigenvalue weighted by atomic mass is 9.69. The van der Waals surface area contributed by atoms with Gasteiger partial charge in [0.15, 0.2) is 5.78 Å². The third-order valence-corrected chi connectivity index (χ3v) is 7.50. The Balaban J connectivity index is 1.52. The van der Waals surface area contributed by atoms with E-state index < -0.39 is 11.8 Å². The Bertz CT molecular complexity index is 1130. The molecule has 1 unspecified atom stereocenters. The molecule has 1 heterocycles. The largest absolute Gasteiger partial charge is 0.508 e. The van der Waals surface area contributed by atoms with E-state index in [2.05, 4.69) is 12.1 Å². The summed E-state index contributed by atoms with van der Waals surface area (Å²) in [6.07, 6.45) is 6.12. The van der Waals surface area contributed by atoms with E-state index in [1.165, 1.54) is 6.42 Å². The van der Waals surface area contributed by atoms with Crippen LogP contribution in [0.4, 0.5) is 0 Å². The van der Waals surface area contributed by atoms with Crippen molar-refractivity contribution < 1.29 is 19.4 Å². The number of benzene rings is 2. The number of ether oxygens (including phenoxy) is 1. The summed E-state index contributed by atoms with van der Waals surface area (Å²) in [7, 11) is 0. The number of phenolic OH excluding ortho intramolecular Hbond substituents is 1. The molecule has 0 amide bonds. The summed E-state index contributed by atoms with van der Waals surface area (Å²) in [6, 6.07) is 16.9. The van der Waals surface area contributed by atoms with Crippen molar-refractivity contribution in [1.82, 2.24) is 0 Å². The number of hydrogen-bond acceptors (Lipinski definition) is 5. The standard InChI is InChI=1S/C29H31NO4/c1-18-26(29(33)34-23-10-6-3-7-11-23)27(20-12-14-22(31)15-13-20)28-24(30-18)16-21(17-25(28)32)19-8-4-2-5-9-19/h2,4-5,8-9,12-15,21,23,26-27,31H,3,6-7,10-11,16-17H2,1H3/t21-,26?,27-/m0/s1. The van der Waals surface area contributed by atoms with Gasteiger partial charge < -0.3 is 9.84 Å². The Kier molecular flexibility index (Phi) is 6.36. The summed E-state index contributed by atoms with van der Waals surface area (Å²) in [5.74, 6) is -1.11. The fourth-order valence-electron chi connectivity index (χ4n) is 5.79. The van der Waals surface area contributed by atoms with Gasteiger partial charge in [0, 0.05) is 29.3 Å². The molecule has 2 aromatic carbocycles. The van der Waals surface area contributed by atoms with Crippen molar-refractivity contribution in [2.75, 3.05) is 0 Å². The molecule has 0 spiro atoms. The van der Waals surface area contributed by atoms with Gasteiger partial charge in [0.2, 0.25) is 0 Å². The molecule has 0 saturated heterocycles. The smallest absolute Gasteiger partial charge is 0.315 e. The molecule has 1 N–H and O–H groups in total. The highest BCUT2D eigenvalue weighted by Crippen LogP contribution is 2.47. The number of ketones is 1. The van der Waals surface area contributed by atoms with Crippen molar-refractivity contribution >= 4 is 17.5 Å². The molecule has 3 aliphatic rings. The number of rotatable bonds is 4. The summed E-state index contributed by atoms with van der Waals surface area (Å²) < 4.78 is 5.98. The monoisotopic (exact) mass is 457 g/mol. The van der Waals surface area contributed by atoms with E-state index in [4.69, 9.17) is 9.73 Å². The first kappa shape index (κ1) is 22.6. The number of allylic oxidation sites excluding steroid dienone is 2. The fourth-order valence-corrected chi connectivity index (χ4v) is 5.79. The summed E-state index contributed by atoms with van der Waals surface area (Å²) >= 11 is 0. The van der Waals surface area contributed by atoms with E-state index in [9.17, 15) is 14.7 Å². The Hall–Kier alpha value is -3.21. The van der Waals surface area contributed by atoms with Crippen LogP contribution in [0.1, 0.15) is 74.8 Å². The number of phenols is 1. The average Bonchev–Trinajstić information content (AvgIpc) is 2.84. The summed E-state index contributed by atoms with van der Waals surface area (Å²) in [5.41, 5.74) is 4.07. The average molecular weight is 458 g/mol. The van der Waals surface area contributed by atoms with Gasteiger partial charge in [-0.2, -0.15) is 0 Å². The molecule has 5 rings (SSSR count). The van der Waals surface area contributed by atoms with Crippen LogP contribution in [0.2, 0.25) is 0 Å². The number of nitrogens with zero attached hydrogens (tertiary/aromatic N) is 1. The van der Waals surface area contributed by atoms with Crippen LogP contribution in [0.3, 0.4) is 0 Å². The number of hydrogen-bond donors (Lipinski definition) is 1. The molecule has 2 aliphatic carbocycles. The SMILES string of the molecule is CC1=NC2=C(C(=O)C[C@@H](c3ccccc3)C2)[C@@H](c2ccc(O)cc2)C1C(=O)OC1CCCCC1. The van der Waals surface area contributed by atoms with E-state index in [1.54, 1.807) is 24.3 Å². The molecule has 0 radical (unpaired) electrons. The van der Waals surface area contributed by atoms with E-state index in [-0.39, 0.29) is 29.5 Å². The van der Waals surface area contributed by atoms with E-state index in [1.807, 2.05) is 25.1 Å².